The average Bonchev–Trinajstić information content (AvgIpc) is 2.37. The molecule has 1 unspecified atom stereocenters. The lowest BCUT2D eigenvalue weighted by Crippen LogP contribution is -2.21. The zero-order valence-electron chi connectivity index (χ0n) is 11.2. The average molecular weight is 318 g/mol. The van der Waals surface area contributed by atoms with Crippen LogP contribution in [0.15, 0.2) is 16.6 Å². The van der Waals surface area contributed by atoms with Gasteiger partial charge in [0.1, 0.15) is 11.6 Å². The van der Waals surface area contributed by atoms with Gasteiger partial charge in [0.2, 0.25) is 0 Å². The SMILES string of the molecule is CCCCC(NCC)c1cc(Br)c(F)cc1OC. The first-order valence-corrected chi connectivity index (χ1v) is 7.19. The fraction of sp³-hybridized carbons (Fsp3) is 0.571. The van der Waals surface area contributed by atoms with E-state index in [9.17, 15) is 4.39 Å². The van der Waals surface area contributed by atoms with Gasteiger partial charge in [-0.15, -0.1) is 0 Å². The molecule has 0 aromatic heterocycles. The van der Waals surface area contributed by atoms with E-state index in [-0.39, 0.29) is 11.9 Å². The molecule has 2 nitrogen and oxygen atoms in total. The topological polar surface area (TPSA) is 21.3 Å². The first-order valence-electron chi connectivity index (χ1n) is 6.40. The Morgan fingerprint density at radius 2 is 2.11 bits per heavy atom. The smallest absolute Gasteiger partial charge is 0.141 e. The summed E-state index contributed by atoms with van der Waals surface area (Å²) < 4.78 is 19.3. The summed E-state index contributed by atoms with van der Waals surface area (Å²) in [5.74, 6) is 0.319. The van der Waals surface area contributed by atoms with E-state index in [4.69, 9.17) is 4.74 Å². The molecule has 18 heavy (non-hydrogen) atoms. The maximum absolute atomic E-state index is 13.5. The van der Waals surface area contributed by atoms with Crippen LogP contribution in [-0.2, 0) is 0 Å². The maximum atomic E-state index is 13.5. The Bertz CT molecular complexity index is 384. The summed E-state index contributed by atoms with van der Waals surface area (Å²) in [5, 5.41) is 3.43. The molecule has 1 N–H and O–H groups in total. The summed E-state index contributed by atoms with van der Waals surface area (Å²) in [6.45, 7) is 5.12. The van der Waals surface area contributed by atoms with Crippen molar-refractivity contribution in [3.63, 3.8) is 0 Å². The number of nitrogens with one attached hydrogen (secondary N) is 1. The van der Waals surface area contributed by atoms with E-state index in [1.54, 1.807) is 7.11 Å². The summed E-state index contributed by atoms with van der Waals surface area (Å²) in [5.41, 5.74) is 1.01. The number of methoxy groups -OCH3 is 1. The van der Waals surface area contributed by atoms with Crippen molar-refractivity contribution in [2.24, 2.45) is 0 Å². The summed E-state index contributed by atoms with van der Waals surface area (Å²) in [6.07, 6.45) is 3.31. The highest BCUT2D eigenvalue weighted by Gasteiger charge is 2.17. The number of unbranched alkanes of at least 4 members (excludes halogenated alkanes) is 1. The van der Waals surface area contributed by atoms with E-state index in [1.165, 1.54) is 6.07 Å². The molecule has 1 rings (SSSR count). The van der Waals surface area contributed by atoms with Crippen LogP contribution in [0.5, 0.6) is 5.75 Å². The van der Waals surface area contributed by atoms with E-state index in [1.807, 2.05) is 6.07 Å². The van der Waals surface area contributed by atoms with Crippen LogP contribution in [-0.4, -0.2) is 13.7 Å². The second kappa shape index (κ2) is 7.74. The van der Waals surface area contributed by atoms with Crippen molar-refractivity contribution in [3.8, 4) is 5.75 Å². The Kier molecular flexibility index (Phi) is 6.65. The quantitative estimate of drug-likeness (QED) is 0.802. The third-order valence-corrected chi connectivity index (χ3v) is 3.55. The zero-order chi connectivity index (χ0) is 13.5. The number of halogens is 2. The minimum Gasteiger partial charge on any atom is -0.496 e. The van der Waals surface area contributed by atoms with Crippen molar-refractivity contribution in [2.45, 2.75) is 39.2 Å². The van der Waals surface area contributed by atoms with Gasteiger partial charge in [-0.25, -0.2) is 4.39 Å². The Morgan fingerprint density at radius 1 is 1.39 bits per heavy atom. The Labute approximate surface area is 117 Å². The van der Waals surface area contributed by atoms with Gasteiger partial charge in [-0.2, -0.15) is 0 Å². The van der Waals surface area contributed by atoms with Gasteiger partial charge in [0.05, 0.1) is 11.6 Å². The number of hydrogen-bond donors (Lipinski definition) is 1. The van der Waals surface area contributed by atoms with Crippen LogP contribution in [0.1, 0.15) is 44.7 Å². The molecule has 0 aliphatic heterocycles. The Morgan fingerprint density at radius 3 is 2.67 bits per heavy atom. The number of benzene rings is 1. The van der Waals surface area contributed by atoms with Crippen LogP contribution in [0.3, 0.4) is 0 Å². The van der Waals surface area contributed by atoms with Crippen LogP contribution < -0.4 is 10.1 Å². The van der Waals surface area contributed by atoms with Crippen molar-refractivity contribution in [1.82, 2.24) is 5.32 Å². The molecule has 4 heteroatoms. The van der Waals surface area contributed by atoms with Crippen molar-refractivity contribution >= 4 is 15.9 Å². The van der Waals surface area contributed by atoms with Gasteiger partial charge >= 0.3 is 0 Å². The van der Waals surface area contributed by atoms with Crippen molar-refractivity contribution in [3.05, 3.63) is 28.0 Å². The number of hydrogen-bond acceptors (Lipinski definition) is 2. The first kappa shape index (κ1) is 15.4. The number of rotatable bonds is 7. The summed E-state index contributed by atoms with van der Waals surface area (Å²) in [4.78, 5) is 0. The van der Waals surface area contributed by atoms with Crippen LogP contribution in [0.25, 0.3) is 0 Å². The second-order valence-corrected chi connectivity index (χ2v) is 5.12. The first-order chi connectivity index (χ1) is 8.63. The molecule has 0 aliphatic carbocycles. The maximum Gasteiger partial charge on any atom is 0.141 e. The van der Waals surface area contributed by atoms with E-state index in [0.717, 1.165) is 31.4 Å². The minimum atomic E-state index is -0.290. The minimum absolute atomic E-state index is 0.210. The molecule has 1 aromatic carbocycles. The standard InChI is InChI=1S/C14H21BrFNO/c1-4-6-7-13(17-5-2)10-8-11(15)12(16)9-14(10)18-3/h8-9,13,17H,4-7H2,1-3H3. The van der Waals surface area contributed by atoms with Gasteiger partial charge in [0, 0.05) is 17.7 Å². The van der Waals surface area contributed by atoms with Gasteiger partial charge < -0.3 is 10.1 Å². The lowest BCUT2D eigenvalue weighted by atomic mass is 10.00. The number of ether oxygens (including phenoxy) is 1. The van der Waals surface area contributed by atoms with Gasteiger partial charge in [0.15, 0.2) is 0 Å². The van der Waals surface area contributed by atoms with E-state index < -0.39 is 0 Å². The molecule has 1 aromatic rings. The molecule has 0 heterocycles. The van der Waals surface area contributed by atoms with Crippen LogP contribution in [0, 0.1) is 5.82 Å². The molecule has 0 aliphatic rings. The summed E-state index contributed by atoms with van der Waals surface area (Å²) in [6, 6.07) is 3.47. The highest BCUT2D eigenvalue weighted by molar-refractivity contribution is 9.10. The van der Waals surface area contributed by atoms with Gasteiger partial charge in [-0.3, -0.25) is 0 Å². The lowest BCUT2D eigenvalue weighted by Gasteiger charge is -2.21. The molecular weight excluding hydrogens is 297 g/mol. The molecule has 0 fully saturated rings. The normalized spacial score (nSPS) is 12.5. The summed E-state index contributed by atoms with van der Waals surface area (Å²) in [7, 11) is 1.58. The van der Waals surface area contributed by atoms with Crippen LogP contribution in [0.4, 0.5) is 4.39 Å². The molecule has 102 valence electrons. The third kappa shape index (κ3) is 3.95. The third-order valence-electron chi connectivity index (χ3n) is 2.94. The fourth-order valence-corrected chi connectivity index (χ4v) is 2.38. The fourth-order valence-electron chi connectivity index (χ4n) is 2.02. The highest BCUT2D eigenvalue weighted by atomic mass is 79.9. The van der Waals surface area contributed by atoms with Gasteiger partial charge in [-0.1, -0.05) is 26.7 Å². The molecule has 1 atom stereocenters. The molecule has 0 bridgehead atoms. The Balaban J connectivity index is 3.04. The monoisotopic (exact) mass is 317 g/mol. The second-order valence-electron chi connectivity index (χ2n) is 4.26. The Hall–Kier alpha value is -0.610. The van der Waals surface area contributed by atoms with Gasteiger partial charge in [0.25, 0.3) is 0 Å². The molecule has 0 spiro atoms. The van der Waals surface area contributed by atoms with Crippen molar-refractivity contribution in [2.75, 3.05) is 13.7 Å². The van der Waals surface area contributed by atoms with E-state index >= 15 is 0 Å². The highest BCUT2D eigenvalue weighted by Crippen LogP contribution is 2.33. The lowest BCUT2D eigenvalue weighted by molar-refractivity contribution is 0.390. The van der Waals surface area contributed by atoms with Crippen molar-refractivity contribution in [1.29, 1.82) is 0 Å². The largest absolute Gasteiger partial charge is 0.496 e. The summed E-state index contributed by atoms with van der Waals surface area (Å²) >= 11 is 3.24. The van der Waals surface area contributed by atoms with Gasteiger partial charge in [-0.05, 0) is 35.0 Å². The molecule has 0 saturated carbocycles. The predicted molar refractivity (Wildman–Crippen MR) is 76.6 cm³/mol. The predicted octanol–water partition coefficient (Wildman–Crippen LogP) is 4.44. The van der Waals surface area contributed by atoms with Crippen LogP contribution >= 0.6 is 15.9 Å². The van der Waals surface area contributed by atoms with E-state index in [2.05, 4.69) is 35.1 Å². The van der Waals surface area contributed by atoms with Crippen LogP contribution in [0.2, 0.25) is 0 Å². The van der Waals surface area contributed by atoms with E-state index in [0.29, 0.717) is 10.2 Å². The molecule has 0 saturated heterocycles. The molecule has 0 amide bonds. The molecule has 0 radical (unpaired) electrons. The van der Waals surface area contributed by atoms with Crippen molar-refractivity contribution < 1.29 is 9.13 Å². The molecular formula is C14H21BrFNO. The zero-order valence-corrected chi connectivity index (χ0v) is 12.8.